The van der Waals surface area contributed by atoms with Gasteiger partial charge >= 0.3 is 12.0 Å². The minimum atomic E-state index is -0.913. The smallest absolute Gasteiger partial charge is 0.312 e. The van der Waals surface area contributed by atoms with Crippen molar-refractivity contribution in [3.05, 3.63) is 0 Å². The molecule has 7 nitrogen and oxygen atoms in total. The molecule has 0 aromatic rings. The van der Waals surface area contributed by atoms with Gasteiger partial charge in [0.15, 0.2) is 0 Å². The van der Waals surface area contributed by atoms with E-state index in [4.69, 9.17) is 10.8 Å². The first-order valence-corrected chi connectivity index (χ1v) is 4.91. The highest BCUT2D eigenvalue weighted by Crippen LogP contribution is 1.97. The van der Waals surface area contributed by atoms with Crippen LogP contribution >= 0.6 is 0 Å². The fraction of sp³-hybridized carbons (Fsp3) is 0.667. The van der Waals surface area contributed by atoms with Crippen molar-refractivity contribution in [2.75, 3.05) is 0 Å². The number of nitrogens with two attached hydrogens (primary N) is 1. The topological polar surface area (TPSA) is 122 Å². The minimum absolute atomic E-state index is 0.0148. The molecule has 92 valence electrons. The zero-order valence-electron chi connectivity index (χ0n) is 9.32. The molecule has 0 fully saturated rings. The Morgan fingerprint density at radius 2 is 1.81 bits per heavy atom. The van der Waals surface area contributed by atoms with Gasteiger partial charge in [-0.1, -0.05) is 0 Å². The highest BCUT2D eigenvalue weighted by Gasteiger charge is 2.16. The summed E-state index contributed by atoms with van der Waals surface area (Å²) in [6, 6.07) is -1.77. The number of aliphatic carboxylic acids is 1. The number of primary amides is 1. The Balaban J connectivity index is 3.93. The van der Waals surface area contributed by atoms with Gasteiger partial charge in [0.05, 0.1) is 0 Å². The van der Waals surface area contributed by atoms with E-state index in [2.05, 4.69) is 10.6 Å². The molecular formula is C9H17N3O4. The van der Waals surface area contributed by atoms with Crippen molar-refractivity contribution >= 4 is 17.9 Å². The lowest BCUT2D eigenvalue weighted by Crippen LogP contribution is -2.48. The average Bonchev–Trinajstić information content (AvgIpc) is 2.13. The van der Waals surface area contributed by atoms with Crippen LogP contribution in [0.15, 0.2) is 0 Å². The van der Waals surface area contributed by atoms with Crippen LogP contribution in [0.2, 0.25) is 0 Å². The fourth-order valence-corrected chi connectivity index (χ4v) is 1.06. The Labute approximate surface area is 93.4 Å². The standard InChI is InChI=1S/C9H17N3O4/c1-5(3-4-7(13)14)11-8(15)6(2)12-9(10)16/h5-6H,3-4H2,1-2H3,(H,11,15)(H,13,14)(H3,10,12,16). The maximum Gasteiger partial charge on any atom is 0.312 e. The molecule has 0 rings (SSSR count). The van der Waals surface area contributed by atoms with Gasteiger partial charge in [-0.05, 0) is 20.3 Å². The summed E-state index contributed by atoms with van der Waals surface area (Å²) >= 11 is 0. The zero-order valence-corrected chi connectivity index (χ0v) is 9.32. The van der Waals surface area contributed by atoms with Gasteiger partial charge in [0.1, 0.15) is 6.04 Å². The monoisotopic (exact) mass is 231 g/mol. The van der Waals surface area contributed by atoms with Gasteiger partial charge in [-0.15, -0.1) is 0 Å². The lowest BCUT2D eigenvalue weighted by atomic mass is 10.1. The summed E-state index contributed by atoms with van der Waals surface area (Å²) in [6.45, 7) is 3.18. The van der Waals surface area contributed by atoms with Crippen molar-refractivity contribution in [2.24, 2.45) is 5.73 Å². The summed E-state index contributed by atoms with van der Waals surface area (Å²) in [5.41, 5.74) is 4.85. The van der Waals surface area contributed by atoms with E-state index in [-0.39, 0.29) is 12.5 Å². The predicted molar refractivity (Wildman–Crippen MR) is 56.7 cm³/mol. The highest BCUT2D eigenvalue weighted by atomic mass is 16.4. The van der Waals surface area contributed by atoms with Crippen LogP contribution in [0, 0.1) is 0 Å². The molecule has 3 amide bonds. The van der Waals surface area contributed by atoms with E-state index in [9.17, 15) is 14.4 Å². The molecule has 0 saturated carbocycles. The van der Waals surface area contributed by atoms with Crippen molar-refractivity contribution in [2.45, 2.75) is 38.8 Å². The van der Waals surface area contributed by atoms with E-state index in [0.717, 1.165) is 0 Å². The third kappa shape index (κ3) is 6.63. The van der Waals surface area contributed by atoms with Crippen LogP contribution in [0.1, 0.15) is 26.7 Å². The number of carbonyl (C=O) groups is 3. The maximum absolute atomic E-state index is 11.4. The van der Waals surface area contributed by atoms with Crippen molar-refractivity contribution in [1.29, 1.82) is 0 Å². The van der Waals surface area contributed by atoms with Gasteiger partial charge in [0, 0.05) is 12.5 Å². The SMILES string of the molecule is CC(CCC(=O)O)NC(=O)C(C)NC(N)=O. The molecule has 0 radical (unpaired) electrons. The molecule has 0 aliphatic rings. The van der Waals surface area contributed by atoms with E-state index < -0.39 is 23.9 Å². The van der Waals surface area contributed by atoms with Crippen LogP contribution in [-0.4, -0.2) is 35.1 Å². The normalized spacial score (nSPS) is 13.6. The largest absolute Gasteiger partial charge is 0.481 e. The van der Waals surface area contributed by atoms with Gasteiger partial charge in [-0.25, -0.2) is 4.79 Å². The van der Waals surface area contributed by atoms with Crippen molar-refractivity contribution in [1.82, 2.24) is 10.6 Å². The van der Waals surface area contributed by atoms with Crippen LogP contribution < -0.4 is 16.4 Å². The number of amides is 3. The van der Waals surface area contributed by atoms with Gasteiger partial charge in [0.2, 0.25) is 5.91 Å². The fourth-order valence-electron chi connectivity index (χ4n) is 1.06. The number of carboxylic acid groups (broad SMARTS) is 1. The van der Waals surface area contributed by atoms with Crippen molar-refractivity contribution in [3.8, 4) is 0 Å². The first-order valence-electron chi connectivity index (χ1n) is 4.91. The first kappa shape index (κ1) is 14.2. The summed E-state index contributed by atoms with van der Waals surface area (Å²) in [6.07, 6.45) is 0.323. The molecule has 5 N–H and O–H groups in total. The van der Waals surface area contributed by atoms with Crippen LogP contribution in [-0.2, 0) is 9.59 Å². The summed E-state index contributed by atoms with van der Waals surface area (Å²) < 4.78 is 0. The molecule has 0 aromatic heterocycles. The Morgan fingerprint density at radius 3 is 2.25 bits per heavy atom. The quantitative estimate of drug-likeness (QED) is 0.488. The van der Waals surface area contributed by atoms with Crippen molar-refractivity contribution in [3.63, 3.8) is 0 Å². The molecule has 0 aromatic carbocycles. The van der Waals surface area contributed by atoms with Crippen LogP contribution in [0.25, 0.3) is 0 Å². The highest BCUT2D eigenvalue weighted by molar-refractivity contribution is 5.86. The number of urea groups is 1. The second kappa shape index (κ2) is 6.65. The third-order valence-electron chi connectivity index (χ3n) is 1.93. The summed E-state index contributed by atoms with van der Waals surface area (Å²) in [4.78, 5) is 32.2. The van der Waals surface area contributed by atoms with E-state index in [1.54, 1.807) is 6.92 Å². The van der Waals surface area contributed by atoms with Gasteiger partial charge < -0.3 is 21.5 Å². The zero-order chi connectivity index (χ0) is 12.7. The van der Waals surface area contributed by atoms with Crippen LogP contribution in [0.4, 0.5) is 4.79 Å². The molecule has 0 heterocycles. The second-order valence-electron chi connectivity index (χ2n) is 3.57. The van der Waals surface area contributed by atoms with E-state index in [1.807, 2.05) is 0 Å². The first-order chi connectivity index (χ1) is 7.32. The van der Waals surface area contributed by atoms with Crippen LogP contribution in [0.5, 0.6) is 0 Å². The Morgan fingerprint density at radius 1 is 1.25 bits per heavy atom. The number of hydrogen-bond acceptors (Lipinski definition) is 3. The molecule has 2 atom stereocenters. The molecule has 0 bridgehead atoms. The molecule has 7 heteroatoms. The van der Waals surface area contributed by atoms with Gasteiger partial charge in [0.25, 0.3) is 0 Å². The lowest BCUT2D eigenvalue weighted by molar-refractivity contribution is -0.137. The van der Waals surface area contributed by atoms with Gasteiger partial charge in [-0.3, -0.25) is 9.59 Å². The Bertz CT molecular complexity index is 280. The Kier molecular flexibility index (Phi) is 5.91. The number of carbonyl (C=O) groups excluding carboxylic acids is 2. The number of rotatable bonds is 6. The van der Waals surface area contributed by atoms with E-state index in [0.29, 0.717) is 6.42 Å². The summed E-state index contributed by atoms with van der Waals surface area (Å²) in [5, 5.41) is 13.2. The molecule has 2 unspecified atom stereocenters. The predicted octanol–water partition coefficient (Wildman–Crippen LogP) is -0.587. The molecule has 0 saturated heterocycles. The second-order valence-corrected chi connectivity index (χ2v) is 3.57. The molecule has 0 aliphatic carbocycles. The van der Waals surface area contributed by atoms with Gasteiger partial charge in [-0.2, -0.15) is 0 Å². The van der Waals surface area contributed by atoms with E-state index in [1.165, 1.54) is 6.92 Å². The maximum atomic E-state index is 11.4. The number of nitrogens with one attached hydrogen (secondary N) is 2. The molecule has 16 heavy (non-hydrogen) atoms. The summed E-state index contributed by atoms with van der Waals surface area (Å²) in [7, 11) is 0. The lowest BCUT2D eigenvalue weighted by Gasteiger charge is -2.17. The number of carboxylic acids is 1. The number of hydrogen-bond donors (Lipinski definition) is 4. The minimum Gasteiger partial charge on any atom is -0.481 e. The van der Waals surface area contributed by atoms with Crippen molar-refractivity contribution < 1.29 is 19.5 Å². The van der Waals surface area contributed by atoms with Crippen LogP contribution in [0.3, 0.4) is 0 Å². The summed E-state index contributed by atoms with van der Waals surface area (Å²) in [5.74, 6) is -1.30. The van der Waals surface area contributed by atoms with E-state index >= 15 is 0 Å². The average molecular weight is 231 g/mol. The third-order valence-corrected chi connectivity index (χ3v) is 1.93. The molecule has 0 spiro atoms. The molecule has 0 aliphatic heterocycles. The Hall–Kier alpha value is -1.79. The molecular weight excluding hydrogens is 214 g/mol.